The van der Waals surface area contributed by atoms with E-state index in [0.29, 0.717) is 27.6 Å². The minimum atomic E-state index is -0.260. The third-order valence-electron chi connectivity index (χ3n) is 4.31. The van der Waals surface area contributed by atoms with Gasteiger partial charge < -0.3 is 9.84 Å². The topological polar surface area (TPSA) is 73.0 Å². The van der Waals surface area contributed by atoms with E-state index >= 15 is 0 Å². The number of nitrogens with one attached hydrogen (secondary N) is 1. The average Bonchev–Trinajstić information content (AvgIpc) is 3.11. The fraction of sp³-hybridized carbons (Fsp3) is 0.278. The van der Waals surface area contributed by atoms with Crippen LogP contribution in [0.4, 0.5) is 0 Å². The van der Waals surface area contributed by atoms with Crippen LogP contribution >= 0.6 is 11.6 Å². The van der Waals surface area contributed by atoms with Gasteiger partial charge >= 0.3 is 0 Å². The lowest BCUT2D eigenvalue weighted by Crippen LogP contribution is -2.27. The third-order valence-corrected chi connectivity index (χ3v) is 4.64. The zero-order chi connectivity index (χ0) is 18.1. The number of halogens is 1. The molecule has 0 radical (unpaired) electrons. The van der Waals surface area contributed by atoms with Crippen LogP contribution in [0.3, 0.4) is 0 Å². The number of carbonyl (C=O) groups is 1. The molecule has 3 aromatic rings. The molecule has 0 aliphatic heterocycles. The van der Waals surface area contributed by atoms with Gasteiger partial charge in [-0.15, -0.1) is 0 Å². The molecule has 2 heterocycles. The molecule has 7 heteroatoms. The normalized spacial score (nSPS) is 12.2. The monoisotopic (exact) mass is 358 g/mol. The van der Waals surface area contributed by atoms with Gasteiger partial charge in [-0.1, -0.05) is 35.0 Å². The highest BCUT2D eigenvalue weighted by Crippen LogP contribution is 2.31. The zero-order valence-electron chi connectivity index (χ0n) is 14.5. The number of aryl methyl sites for hydroxylation is 2. The van der Waals surface area contributed by atoms with Crippen molar-refractivity contribution in [3.63, 3.8) is 0 Å². The molecule has 0 saturated carbocycles. The molecule has 25 heavy (non-hydrogen) atoms. The summed E-state index contributed by atoms with van der Waals surface area (Å²) in [6.07, 6.45) is 1.76. The minimum absolute atomic E-state index is 0.199. The molecule has 0 aliphatic rings. The van der Waals surface area contributed by atoms with Crippen LogP contribution in [0.5, 0.6) is 0 Å². The van der Waals surface area contributed by atoms with Crippen LogP contribution < -0.4 is 5.32 Å². The molecule has 0 spiro atoms. The molecule has 1 aromatic carbocycles. The lowest BCUT2D eigenvalue weighted by Gasteiger charge is -2.14. The first kappa shape index (κ1) is 17.2. The molecular formula is C18H19ClN4O2. The van der Waals surface area contributed by atoms with Crippen LogP contribution in [0.25, 0.3) is 11.3 Å². The quantitative estimate of drug-likeness (QED) is 0.769. The van der Waals surface area contributed by atoms with E-state index in [0.717, 1.165) is 11.3 Å². The van der Waals surface area contributed by atoms with Crippen molar-refractivity contribution < 1.29 is 9.32 Å². The van der Waals surface area contributed by atoms with Gasteiger partial charge in [0.2, 0.25) is 0 Å². The predicted octanol–water partition coefficient (Wildman–Crippen LogP) is 3.84. The Labute approximate surface area is 150 Å². The Hall–Kier alpha value is -2.60. The molecule has 0 saturated heterocycles. The van der Waals surface area contributed by atoms with Crippen molar-refractivity contribution in [1.29, 1.82) is 0 Å². The number of nitrogens with zero attached hydrogens (tertiary/aromatic N) is 3. The molecule has 6 nitrogen and oxygen atoms in total. The van der Waals surface area contributed by atoms with E-state index in [2.05, 4.69) is 15.6 Å². The molecule has 0 aliphatic carbocycles. The van der Waals surface area contributed by atoms with Crippen molar-refractivity contribution in [2.24, 2.45) is 7.05 Å². The van der Waals surface area contributed by atoms with E-state index in [1.807, 2.05) is 39.1 Å². The number of hydrogen-bond donors (Lipinski definition) is 1. The summed E-state index contributed by atoms with van der Waals surface area (Å²) in [5, 5.41) is 11.8. The third kappa shape index (κ3) is 3.17. The highest BCUT2D eigenvalue weighted by atomic mass is 35.5. The van der Waals surface area contributed by atoms with Gasteiger partial charge in [-0.3, -0.25) is 9.48 Å². The van der Waals surface area contributed by atoms with Crippen LogP contribution in [0, 0.1) is 13.8 Å². The Morgan fingerprint density at radius 1 is 1.32 bits per heavy atom. The maximum atomic E-state index is 12.9. The number of hydrogen-bond acceptors (Lipinski definition) is 4. The minimum Gasteiger partial charge on any atom is -0.360 e. The number of aromatic nitrogens is 3. The first-order valence-electron chi connectivity index (χ1n) is 7.90. The lowest BCUT2D eigenvalue weighted by molar-refractivity contribution is 0.0939. The number of carbonyl (C=O) groups excluding carboxylic acids is 1. The first-order valence-corrected chi connectivity index (χ1v) is 8.28. The van der Waals surface area contributed by atoms with Crippen LogP contribution in [-0.4, -0.2) is 20.8 Å². The molecule has 0 unspecified atom stereocenters. The van der Waals surface area contributed by atoms with E-state index < -0.39 is 0 Å². The van der Waals surface area contributed by atoms with Gasteiger partial charge in [0.15, 0.2) is 0 Å². The predicted molar refractivity (Wildman–Crippen MR) is 95.5 cm³/mol. The van der Waals surface area contributed by atoms with E-state index in [1.165, 1.54) is 0 Å². The second kappa shape index (κ2) is 6.72. The van der Waals surface area contributed by atoms with E-state index in [9.17, 15) is 4.79 Å². The Morgan fingerprint density at radius 2 is 2.04 bits per heavy atom. The highest BCUT2D eigenvalue weighted by Gasteiger charge is 2.25. The second-order valence-corrected chi connectivity index (χ2v) is 6.35. The molecule has 1 N–H and O–H groups in total. The number of rotatable bonds is 4. The molecule has 0 bridgehead atoms. The summed E-state index contributed by atoms with van der Waals surface area (Å²) < 4.78 is 7.03. The second-order valence-electron chi connectivity index (χ2n) is 5.95. The van der Waals surface area contributed by atoms with Gasteiger partial charge in [0.05, 0.1) is 17.3 Å². The molecule has 0 fully saturated rings. The molecule has 130 valence electrons. The SMILES string of the molecule is Cc1onc(-c2ccccc2Cl)c1C(=O)N[C@H](C)c1cnn(C)c1C. The summed E-state index contributed by atoms with van der Waals surface area (Å²) in [5.74, 6) is 0.187. The van der Waals surface area contributed by atoms with Crippen molar-refractivity contribution in [1.82, 2.24) is 20.3 Å². The van der Waals surface area contributed by atoms with Crippen molar-refractivity contribution in [3.8, 4) is 11.3 Å². The van der Waals surface area contributed by atoms with E-state index in [-0.39, 0.29) is 11.9 Å². The summed E-state index contributed by atoms with van der Waals surface area (Å²) in [5.41, 5.74) is 3.46. The molecule has 2 aromatic heterocycles. The molecular weight excluding hydrogens is 340 g/mol. The summed E-state index contributed by atoms with van der Waals surface area (Å²) in [6.45, 7) is 5.59. The molecule has 1 atom stereocenters. The highest BCUT2D eigenvalue weighted by molar-refractivity contribution is 6.33. The smallest absolute Gasteiger partial charge is 0.257 e. The summed E-state index contributed by atoms with van der Waals surface area (Å²) in [4.78, 5) is 12.9. The zero-order valence-corrected chi connectivity index (χ0v) is 15.3. The maximum Gasteiger partial charge on any atom is 0.257 e. The molecule has 1 amide bonds. The molecule has 3 rings (SSSR count). The number of amides is 1. The van der Waals surface area contributed by atoms with Crippen molar-refractivity contribution in [2.45, 2.75) is 26.8 Å². The van der Waals surface area contributed by atoms with Crippen LogP contribution in [0.1, 0.15) is 40.3 Å². The van der Waals surface area contributed by atoms with E-state index in [1.54, 1.807) is 23.9 Å². The van der Waals surface area contributed by atoms with E-state index in [4.69, 9.17) is 16.1 Å². The van der Waals surface area contributed by atoms with Crippen molar-refractivity contribution >= 4 is 17.5 Å². The fourth-order valence-corrected chi connectivity index (χ4v) is 2.99. The summed E-state index contributed by atoms with van der Waals surface area (Å²) in [7, 11) is 1.87. The van der Waals surface area contributed by atoms with Crippen LogP contribution in [-0.2, 0) is 7.05 Å². The number of benzene rings is 1. The maximum absolute atomic E-state index is 12.9. The average molecular weight is 359 g/mol. The largest absolute Gasteiger partial charge is 0.360 e. The Bertz CT molecular complexity index is 929. The van der Waals surface area contributed by atoms with Crippen molar-refractivity contribution in [2.75, 3.05) is 0 Å². The van der Waals surface area contributed by atoms with Gasteiger partial charge in [0.1, 0.15) is 17.0 Å². The lowest BCUT2D eigenvalue weighted by atomic mass is 10.0. The standard InChI is InChI=1S/C18H19ClN4O2/c1-10(14-9-20-23(4)11(14)2)21-18(24)16-12(3)25-22-17(16)13-7-5-6-8-15(13)19/h5-10H,1-4H3,(H,21,24)/t10-/m1/s1. The Morgan fingerprint density at radius 3 is 2.68 bits per heavy atom. The Kier molecular flexibility index (Phi) is 4.63. The van der Waals surface area contributed by atoms with Gasteiger partial charge in [0.25, 0.3) is 5.91 Å². The fourth-order valence-electron chi connectivity index (χ4n) is 2.76. The Balaban J connectivity index is 1.92. The van der Waals surface area contributed by atoms with Crippen LogP contribution in [0.2, 0.25) is 5.02 Å². The van der Waals surface area contributed by atoms with Gasteiger partial charge in [-0.2, -0.15) is 5.10 Å². The van der Waals surface area contributed by atoms with Crippen LogP contribution in [0.15, 0.2) is 35.0 Å². The van der Waals surface area contributed by atoms with Gasteiger partial charge in [-0.05, 0) is 26.8 Å². The summed E-state index contributed by atoms with van der Waals surface area (Å²) in [6, 6.07) is 7.03. The van der Waals surface area contributed by atoms with Gasteiger partial charge in [0, 0.05) is 23.9 Å². The van der Waals surface area contributed by atoms with Gasteiger partial charge in [-0.25, -0.2) is 0 Å². The summed E-state index contributed by atoms with van der Waals surface area (Å²) >= 11 is 6.25. The first-order chi connectivity index (χ1) is 11.9. The van der Waals surface area contributed by atoms with Crippen molar-refractivity contribution in [3.05, 3.63) is 58.1 Å².